The first-order chi connectivity index (χ1) is 13.4. The number of hydrogen-bond donors (Lipinski definition) is 1. The Hall–Kier alpha value is -3.42. The van der Waals surface area contributed by atoms with Crippen LogP contribution in [0.1, 0.15) is 18.4 Å². The van der Waals surface area contributed by atoms with Crippen molar-refractivity contribution in [3.63, 3.8) is 0 Å². The molecule has 0 saturated carbocycles. The molecule has 0 aliphatic heterocycles. The number of nitrogens with one attached hydrogen (secondary N) is 1. The number of amides is 1. The van der Waals surface area contributed by atoms with Crippen LogP contribution in [-0.2, 0) is 24.4 Å². The third-order valence-corrected chi connectivity index (χ3v) is 4.28. The Morgan fingerprint density at radius 1 is 0.964 bits per heavy atom. The van der Waals surface area contributed by atoms with Crippen molar-refractivity contribution in [3.05, 3.63) is 92.7 Å². The van der Waals surface area contributed by atoms with Gasteiger partial charge in [-0.25, -0.2) is 28.1 Å². The van der Waals surface area contributed by atoms with E-state index in [4.69, 9.17) is 0 Å². The molecule has 1 N–H and O–H groups in total. The summed E-state index contributed by atoms with van der Waals surface area (Å²) < 4.78 is 2.46. The predicted octanol–water partition coefficient (Wildman–Crippen LogP) is 0.464. The number of carbonyl (C=O) groups excluding carboxylic acids is 1. The first-order valence-corrected chi connectivity index (χ1v) is 8.88. The van der Waals surface area contributed by atoms with Crippen LogP contribution in [0.25, 0.3) is 0 Å². The molecular weight excluding hydrogens is 360 g/mol. The van der Waals surface area contributed by atoms with Crippen molar-refractivity contribution in [2.75, 3.05) is 6.54 Å². The smallest absolute Gasteiger partial charge is 0.337 e. The van der Waals surface area contributed by atoms with Gasteiger partial charge in [-0.1, -0.05) is 49.4 Å². The van der Waals surface area contributed by atoms with E-state index in [1.54, 1.807) is 0 Å². The number of carbonyl (C=O) groups is 1. The molecule has 1 aromatic heterocycles. The van der Waals surface area contributed by atoms with Gasteiger partial charge in [-0.2, -0.15) is 0 Å². The predicted molar refractivity (Wildman–Crippen MR) is 107 cm³/mol. The lowest BCUT2D eigenvalue weighted by Crippen LogP contribution is -2.55. The number of allylic oxidation sites excluding steroid dienone is 2. The van der Waals surface area contributed by atoms with Gasteiger partial charge in [-0.15, -0.1) is 13.2 Å². The van der Waals surface area contributed by atoms with Crippen LogP contribution in [-0.4, -0.2) is 26.2 Å². The topological polar surface area (TPSA) is 95.1 Å². The number of hydrogen-bond acceptors (Lipinski definition) is 4. The van der Waals surface area contributed by atoms with Crippen LogP contribution in [0.4, 0.5) is 0 Å². The summed E-state index contributed by atoms with van der Waals surface area (Å²) in [7, 11) is 0. The molecule has 1 amide bonds. The highest BCUT2D eigenvalue weighted by Crippen LogP contribution is 2.12. The van der Waals surface area contributed by atoms with Crippen LogP contribution in [0.3, 0.4) is 0 Å². The second kappa shape index (κ2) is 9.50. The fourth-order valence-electron chi connectivity index (χ4n) is 2.75. The molecule has 0 unspecified atom stereocenters. The van der Waals surface area contributed by atoms with Gasteiger partial charge in [0.2, 0.25) is 5.91 Å². The zero-order valence-electron chi connectivity index (χ0n) is 15.8. The molecule has 8 heteroatoms. The van der Waals surface area contributed by atoms with Gasteiger partial charge in [-0.3, -0.25) is 4.79 Å². The Morgan fingerprint density at radius 2 is 1.46 bits per heavy atom. The Balaban J connectivity index is 2.24. The van der Waals surface area contributed by atoms with Crippen molar-refractivity contribution in [2.45, 2.75) is 32.5 Å². The molecule has 8 nitrogen and oxygen atoms in total. The van der Waals surface area contributed by atoms with Gasteiger partial charge in [-0.05, 0) is 11.5 Å². The van der Waals surface area contributed by atoms with Crippen molar-refractivity contribution >= 4 is 5.91 Å². The molecule has 2 rings (SSSR count). The summed E-state index contributed by atoms with van der Waals surface area (Å²) in [6, 6.07) is 9.66. The highest BCUT2D eigenvalue weighted by Gasteiger charge is 2.17. The van der Waals surface area contributed by atoms with Crippen LogP contribution in [0, 0.1) is 0 Å². The van der Waals surface area contributed by atoms with E-state index in [2.05, 4.69) is 18.5 Å². The zero-order valence-corrected chi connectivity index (χ0v) is 15.8. The number of nitrogens with zero attached hydrogens (tertiary/aromatic N) is 3. The van der Waals surface area contributed by atoms with Gasteiger partial charge < -0.3 is 5.32 Å². The van der Waals surface area contributed by atoms with Crippen LogP contribution >= 0.6 is 0 Å². The molecule has 0 fully saturated rings. The van der Waals surface area contributed by atoms with Gasteiger partial charge >= 0.3 is 17.1 Å². The van der Waals surface area contributed by atoms with E-state index in [0.29, 0.717) is 6.54 Å². The maximum absolute atomic E-state index is 12.5. The van der Waals surface area contributed by atoms with E-state index < -0.39 is 29.5 Å². The fourth-order valence-corrected chi connectivity index (χ4v) is 2.75. The highest BCUT2D eigenvalue weighted by atomic mass is 16.2. The second-order valence-corrected chi connectivity index (χ2v) is 6.35. The van der Waals surface area contributed by atoms with Crippen molar-refractivity contribution in [3.8, 4) is 0 Å². The summed E-state index contributed by atoms with van der Waals surface area (Å²) in [5, 5.41) is 2.73. The Bertz CT molecular complexity index is 983. The first-order valence-electron chi connectivity index (χ1n) is 8.88. The Labute approximate surface area is 162 Å². The SMILES string of the molecule is C=CCn1c(=O)n(CC=C)c(=O)n(CC(=O)NC[C@H](C)c2ccccc2)c1=O. The highest BCUT2D eigenvalue weighted by molar-refractivity contribution is 5.75. The molecule has 1 atom stereocenters. The summed E-state index contributed by atoms with van der Waals surface area (Å²) >= 11 is 0. The standard InChI is InChI=1S/C20H24N4O4/c1-4-11-22-18(26)23(12-5-2)20(28)24(19(22)27)14-17(25)21-13-15(3)16-9-7-6-8-10-16/h4-10,15H,1-2,11-14H2,3H3,(H,21,25)/t15-/m0/s1. The minimum Gasteiger partial charge on any atom is -0.354 e. The van der Waals surface area contributed by atoms with E-state index in [0.717, 1.165) is 19.3 Å². The maximum atomic E-state index is 12.5. The molecule has 0 bridgehead atoms. The third-order valence-electron chi connectivity index (χ3n) is 4.28. The number of rotatable bonds is 9. The quantitative estimate of drug-likeness (QED) is 0.636. The van der Waals surface area contributed by atoms with E-state index >= 15 is 0 Å². The van der Waals surface area contributed by atoms with Gasteiger partial charge in [0, 0.05) is 6.54 Å². The number of benzene rings is 1. The zero-order chi connectivity index (χ0) is 20.7. The van der Waals surface area contributed by atoms with Gasteiger partial charge in [0.15, 0.2) is 0 Å². The van der Waals surface area contributed by atoms with Crippen molar-refractivity contribution < 1.29 is 4.79 Å². The third kappa shape index (κ3) is 4.64. The fraction of sp³-hybridized carbons (Fsp3) is 0.300. The summed E-state index contributed by atoms with van der Waals surface area (Å²) in [6.07, 6.45) is 2.74. The molecule has 0 saturated heterocycles. The van der Waals surface area contributed by atoms with Gasteiger partial charge in [0.05, 0.1) is 13.1 Å². The maximum Gasteiger partial charge on any atom is 0.337 e. The first kappa shape index (κ1) is 20.9. The van der Waals surface area contributed by atoms with E-state index in [1.165, 1.54) is 12.2 Å². The molecule has 1 aromatic carbocycles. The van der Waals surface area contributed by atoms with Crippen molar-refractivity contribution in [2.24, 2.45) is 0 Å². The van der Waals surface area contributed by atoms with Crippen molar-refractivity contribution in [1.29, 1.82) is 0 Å². The average molecular weight is 384 g/mol. The lowest BCUT2D eigenvalue weighted by atomic mass is 10.0. The molecule has 0 radical (unpaired) electrons. The molecule has 0 spiro atoms. The van der Waals surface area contributed by atoms with Crippen LogP contribution in [0.2, 0.25) is 0 Å². The molecular formula is C20H24N4O4. The molecule has 0 aliphatic carbocycles. The van der Waals surface area contributed by atoms with E-state index in [1.807, 2.05) is 37.3 Å². The molecule has 28 heavy (non-hydrogen) atoms. The Kier molecular flexibility index (Phi) is 7.08. The average Bonchev–Trinajstić information content (AvgIpc) is 2.70. The summed E-state index contributed by atoms with van der Waals surface area (Å²) in [4.78, 5) is 49.7. The summed E-state index contributed by atoms with van der Waals surface area (Å²) in [5.74, 6) is -0.426. The van der Waals surface area contributed by atoms with Crippen molar-refractivity contribution in [1.82, 2.24) is 19.0 Å². The summed E-state index contributed by atoms with van der Waals surface area (Å²) in [6.45, 7) is 8.72. The molecule has 0 aliphatic rings. The largest absolute Gasteiger partial charge is 0.354 e. The van der Waals surface area contributed by atoms with Gasteiger partial charge in [0.1, 0.15) is 6.54 Å². The van der Waals surface area contributed by atoms with Crippen LogP contribution in [0.15, 0.2) is 70.0 Å². The second-order valence-electron chi connectivity index (χ2n) is 6.35. The molecule has 148 valence electrons. The molecule has 2 aromatic rings. The lowest BCUT2D eigenvalue weighted by Gasteiger charge is -2.14. The minimum absolute atomic E-state index is 0.0639. The summed E-state index contributed by atoms with van der Waals surface area (Å²) in [5.41, 5.74) is -1.39. The normalized spacial score (nSPS) is 11.6. The van der Waals surface area contributed by atoms with E-state index in [9.17, 15) is 19.2 Å². The van der Waals surface area contributed by atoms with E-state index in [-0.39, 0.29) is 19.0 Å². The lowest BCUT2D eigenvalue weighted by molar-refractivity contribution is -0.121. The molecule has 1 heterocycles. The minimum atomic E-state index is -0.846. The van der Waals surface area contributed by atoms with Gasteiger partial charge in [0.25, 0.3) is 0 Å². The monoisotopic (exact) mass is 384 g/mol. The number of aromatic nitrogens is 3. The van der Waals surface area contributed by atoms with Crippen LogP contribution in [0.5, 0.6) is 0 Å². The van der Waals surface area contributed by atoms with Crippen LogP contribution < -0.4 is 22.4 Å². The Morgan fingerprint density at radius 3 is 1.96 bits per heavy atom.